The predicted octanol–water partition coefficient (Wildman–Crippen LogP) is 1.95. The number of rotatable bonds is 10. The molecule has 0 bridgehead atoms. The number of aliphatic hydroxyl groups is 1. The van der Waals surface area contributed by atoms with Gasteiger partial charge in [0.15, 0.2) is 0 Å². The van der Waals surface area contributed by atoms with Gasteiger partial charge >= 0.3 is 0 Å². The van der Waals surface area contributed by atoms with E-state index in [1.807, 2.05) is 31.3 Å². The summed E-state index contributed by atoms with van der Waals surface area (Å²) in [7, 11) is 3.68. The van der Waals surface area contributed by atoms with E-state index in [1.54, 1.807) is 19.6 Å². The van der Waals surface area contributed by atoms with Crippen LogP contribution in [0.3, 0.4) is 0 Å². The lowest BCUT2D eigenvalue weighted by molar-refractivity contribution is 0.0750. The van der Waals surface area contributed by atoms with E-state index in [1.165, 1.54) is 12.8 Å². The molecule has 0 saturated carbocycles. The van der Waals surface area contributed by atoms with Crippen molar-refractivity contribution >= 4 is 0 Å². The van der Waals surface area contributed by atoms with Gasteiger partial charge in [0, 0.05) is 37.5 Å². The average Bonchev–Trinajstić information content (AvgIpc) is 3.21. The Kier molecular flexibility index (Phi) is 7.59. The van der Waals surface area contributed by atoms with Gasteiger partial charge in [-0.15, -0.1) is 0 Å². The van der Waals surface area contributed by atoms with E-state index < -0.39 is 6.10 Å². The second-order valence-corrected chi connectivity index (χ2v) is 7.32. The first-order chi connectivity index (χ1) is 13.6. The second-order valence-electron chi connectivity index (χ2n) is 7.32. The van der Waals surface area contributed by atoms with E-state index in [9.17, 15) is 5.11 Å². The molecule has 0 amide bonds. The van der Waals surface area contributed by atoms with Crippen molar-refractivity contribution < 1.29 is 14.6 Å². The zero-order chi connectivity index (χ0) is 19.8. The fourth-order valence-electron chi connectivity index (χ4n) is 3.46. The van der Waals surface area contributed by atoms with E-state index in [2.05, 4.69) is 19.8 Å². The fraction of sp³-hybridized carbons (Fsp3) is 0.524. The molecular weight excluding hydrogens is 356 g/mol. The second kappa shape index (κ2) is 10.4. The minimum Gasteiger partial charge on any atom is -0.497 e. The average molecular weight is 386 g/mol. The van der Waals surface area contributed by atoms with Gasteiger partial charge in [-0.3, -0.25) is 4.90 Å². The van der Waals surface area contributed by atoms with Crippen LogP contribution in [0.5, 0.6) is 11.5 Å². The van der Waals surface area contributed by atoms with Crippen LogP contribution in [0.2, 0.25) is 0 Å². The lowest BCUT2D eigenvalue weighted by Gasteiger charge is -2.22. The van der Waals surface area contributed by atoms with E-state index in [-0.39, 0.29) is 6.61 Å². The number of ether oxygens (including phenoxy) is 2. The largest absolute Gasteiger partial charge is 0.497 e. The highest BCUT2D eigenvalue weighted by Gasteiger charge is 2.17. The van der Waals surface area contributed by atoms with Crippen LogP contribution in [0, 0.1) is 0 Å². The third-order valence-corrected chi connectivity index (χ3v) is 4.89. The van der Waals surface area contributed by atoms with Crippen molar-refractivity contribution in [3.05, 3.63) is 48.0 Å². The summed E-state index contributed by atoms with van der Waals surface area (Å²) in [5.41, 5.74) is 2.01. The molecule has 2 heterocycles. The molecule has 1 aliphatic heterocycles. The van der Waals surface area contributed by atoms with Gasteiger partial charge < -0.3 is 19.5 Å². The van der Waals surface area contributed by atoms with Gasteiger partial charge in [0.25, 0.3) is 0 Å². The van der Waals surface area contributed by atoms with E-state index in [4.69, 9.17) is 9.47 Å². The lowest BCUT2D eigenvalue weighted by atomic mass is 10.1. The zero-order valence-electron chi connectivity index (χ0n) is 16.8. The third-order valence-electron chi connectivity index (χ3n) is 4.89. The monoisotopic (exact) mass is 386 g/mol. The molecule has 1 aliphatic rings. The standard InChI is InChI=1S/C21H30N4O3/c1-24(13-18-7-8-22-16-23-18)12-17-5-6-20(27-2)11-21(17)28-15-19(26)14-25-9-3-4-10-25/h5-8,11,16,19,26H,3-4,9-10,12-15H2,1-2H3/t19-/m1/s1. The molecule has 0 spiro atoms. The summed E-state index contributed by atoms with van der Waals surface area (Å²) in [5.74, 6) is 1.49. The van der Waals surface area contributed by atoms with Crippen molar-refractivity contribution in [1.29, 1.82) is 0 Å². The van der Waals surface area contributed by atoms with Crippen LogP contribution < -0.4 is 9.47 Å². The Hall–Kier alpha value is -2.22. The minimum absolute atomic E-state index is 0.270. The highest BCUT2D eigenvalue weighted by molar-refractivity contribution is 5.40. The Morgan fingerprint density at radius 1 is 1.21 bits per heavy atom. The maximum Gasteiger partial charge on any atom is 0.127 e. The molecule has 1 saturated heterocycles. The third kappa shape index (κ3) is 6.15. The molecular formula is C21H30N4O3. The quantitative estimate of drug-likeness (QED) is 0.669. The molecule has 0 unspecified atom stereocenters. The number of likely N-dealkylation sites (tertiary alicyclic amines) is 1. The number of aromatic nitrogens is 2. The van der Waals surface area contributed by atoms with Gasteiger partial charge in [0.2, 0.25) is 0 Å². The van der Waals surface area contributed by atoms with Gasteiger partial charge in [-0.25, -0.2) is 9.97 Å². The lowest BCUT2D eigenvalue weighted by Crippen LogP contribution is -2.33. The Morgan fingerprint density at radius 3 is 2.75 bits per heavy atom. The summed E-state index contributed by atoms with van der Waals surface area (Å²) in [6.45, 7) is 4.47. The Morgan fingerprint density at radius 2 is 2.04 bits per heavy atom. The van der Waals surface area contributed by atoms with Gasteiger partial charge in [0.1, 0.15) is 30.5 Å². The number of hydrogen-bond donors (Lipinski definition) is 1. The number of β-amino-alcohol motifs (C(OH)–C–C–N with tert-alkyl or cyclic N) is 1. The molecule has 7 heteroatoms. The zero-order valence-corrected chi connectivity index (χ0v) is 16.8. The normalized spacial score (nSPS) is 15.7. The van der Waals surface area contributed by atoms with Crippen molar-refractivity contribution in [2.24, 2.45) is 0 Å². The summed E-state index contributed by atoms with van der Waals surface area (Å²) in [5, 5.41) is 10.3. The van der Waals surface area contributed by atoms with Crippen molar-refractivity contribution in [2.45, 2.75) is 32.0 Å². The molecule has 1 atom stereocenters. The highest BCUT2D eigenvalue weighted by Crippen LogP contribution is 2.26. The van der Waals surface area contributed by atoms with Gasteiger partial charge in [-0.2, -0.15) is 0 Å². The summed E-state index contributed by atoms with van der Waals surface area (Å²) < 4.78 is 11.3. The van der Waals surface area contributed by atoms with Crippen LogP contribution in [-0.4, -0.2) is 71.4 Å². The Balaban J connectivity index is 1.60. The van der Waals surface area contributed by atoms with Crippen LogP contribution in [-0.2, 0) is 13.1 Å². The van der Waals surface area contributed by atoms with Crippen molar-refractivity contribution in [3.8, 4) is 11.5 Å². The maximum absolute atomic E-state index is 10.3. The molecule has 0 aliphatic carbocycles. The molecule has 28 heavy (non-hydrogen) atoms. The number of aliphatic hydroxyl groups excluding tert-OH is 1. The smallest absolute Gasteiger partial charge is 0.127 e. The Labute approximate surface area is 166 Å². The van der Waals surface area contributed by atoms with Crippen LogP contribution in [0.4, 0.5) is 0 Å². The van der Waals surface area contributed by atoms with E-state index in [0.717, 1.165) is 35.8 Å². The van der Waals surface area contributed by atoms with Gasteiger partial charge in [-0.1, -0.05) is 6.07 Å². The molecule has 1 N–H and O–H groups in total. The molecule has 0 radical (unpaired) electrons. The molecule has 152 valence electrons. The van der Waals surface area contributed by atoms with E-state index >= 15 is 0 Å². The van der Waals surface area contributed by atoms with Crippen LogP contribution >= 0.6 is 0 Å². The number of benzene rings is 1. The SMILES string of the molecule is COc1ccc(CN(C)Cc2ccncn2)c(OC[C@H](O)CN2CCCC2)c1. The highest BCUT2D eigenvalue weighted by atomic mass is 16.5. The van der Waals surface area contributed by atoms with Gasteiger partial charge in [0.05, 0.1) is 12.8 Å². The first-order valence-corrected chi connectivity index (χ1v) is 9.77. The van der Waals surface area contributed by atoms with E-state index in [0.29, 0.717) is 19.6 Å². The summed E-state index contributed by atoms with van der Waals surface area (Å²) in [6, 6.07) is 7.74. The molecule has 1 fully saturated rings. The number of methoxy groups -OCH3 is 1. The first-order valence-electron chi connectivity index (χ1n) is 9.77. The predicted molar refractivity (Wildman–Crippen MR) is 107 cm³/mol. The Bertz CT molecular complexity index is 723. The van der Waals surface area contributed by atoms with Crippen molar-refractivity contribution in [2.75, 3.05) is 40.4 Å². The first kappa shape index (κ1) is 20.5. The molecule has 1 aromatic carbocycles. The van der Waals surface area contributed by atoms with Crippen LogP contribution in [0.25, 0.3) is 0 Å². The number of hydrogen-bond acceptors (Lipinski definition) is 7. The molecule has 1 aromatic heterocycles. The fourth-order valence-corrected chi connectivity index (χ4v) is 3.46. The summed E-state index contributed by atoms with van der Waals surface area (Å²) in [6.07, 6.45) is 5.24. The van der Waals surface area contributed by atoms with Crippen molar-refractivity contribution in [3.63, 3.8) is 0 Å². The van der Waals surface area contributed by atoms with Crippen LogP contribution in [0.1, 0.15) is 24.1 Å². The number of nitrogens with zero attached hydrogens (tertiary/aromatic N) is 4. The van der Waals surface area contributed by atoms with Crippen molar-refractivity contribution in [1.82, 2.24) is 19.8 Å². The van der Waals surface area contributed by atoms with Gasteiger partial charge in [-0.05, 0) is 45.1 Å². The summed E-state index contributed by atoms with van der Waals surface area (Å²) in [4.78, 5) is 12.7. The molecule has 2 aromatic rings. The topological polar surface area (TPSA) is 71.0 Å². The summed E-state index contributed by atoms with van der Waals surface area (Å²) >= 11 is 0. The minimum atomic E-state index is -0.504. The molecule has 3 rings (SSSR count). The maximum atomic E-state index is 10.3. The van der Waals surface area contributed by atoms with Crippen LogP contribution in [0.15, 0.2) is 36.8 Å². The molecule has 7 nitrogen and oxygen atoms in total.